The zero-order chi connectivity index (χ0) is 12.4. The summed E-state index contributed by atoms with van der Waals surface area (Å²) < 4.78 is 13.5. The summed E-state index contributed by atoms with van der Waals surface area (Å²) in [7, 11) is 0. The third kappa shape index (κ3) is 2.59. The quantitative estimate of drug-likeness (QED) is 0.881. The molecule has 1 heterocycles. The van der Waals surface area contributed by atoms with E-state index in [1.54, 1.807) is 19.1 Å². The second kappa shape index (κ2) is 4.50. The third-order valence-electron chi connectivity index (χ3n) is 2.09. The average Bonchev–Trinajstić information content (AvgIpc) is 2.71. The average molecular weight is 252 g/mol. The number of thiazole rings is 1. The molecular weight excluding hydrogens is 243 g/mol. The molecule has 2 rings (SSSR count). The van der Waals surface area contributed by atoms with E-state index >= 15 is 0 Å². The van der Waals surface area contributed by atoms with E-state index in [9.17, 15) is 9.18 Å². The number of hydrogen-bond acceptors (Lipinski definition) is 4. The number of carboxylic acid groups (broad SMARTS) is 1. The summed E-state index contributed by atoms with van der Waals surface area (Å²) in [5.41, 5.74) is 1.05. The monoisotopic (exact) mass is 252 g/mol. The van der Waals surface area contributed by atoms with Gasteiger partial charge < -0.3 is 10.4 Å². The van der Waals surface area contributed by atoms with Crippen molar-refractivity contribution in [3.8, 4) is 0 Å². The molecular formula is C11H9FN2O2S. The van der Waals surface area contributed by atoms with Crippen molar-refractivity contribution in [3.05, 3.63) is 40.7 Å². The Labute approximate surface area is 101 Å². The molecule has 88 valence electrons. The summed E-state index contributed by atoms with van der Waals surface area (Å²) in [6, 6.07) is 4.75. The number of halogens is 1. The van der Waals surface area contributed by atoms with Gasteiger partial charge in [0.1, 0.15) is 5.82 Å². The number of aryl methyl sites for hydroxylation is 1. The predicted octanol–water partition coefficient (Wildman–Crippen LogP) is 3.03. The lowest BCUT2D eigenvalue weighted by Crippen LogP contribution is -1.98. The normalized spacial score (nSPS) is 10.2. The van der Waals surface area contributed by atoms with E-state index in [1.165, 1.54) is 11.4 Å². The SMILES string of the molecule is Cc1ccc(Nc2nc(C(=O)O)cs2)c(F)c1. The zero-order valence-electron chi connectivity index (χ0n) is 8.90. The number of benzene rings is 1. The van der Waals surface area contributed by atoms with Crippen LogP contribution in [-0.4, -0.2) is 16.1 Å². The van der Waals surface area contributed by atoms with Crippen molar-refractivity contribution < 1.29 is 14.3 Å². The molecule has 17 heavy (non-hydrogen) atoms. The van der Waals surface area contributed by atoms with Gasteiger partial charge in [-0.15, -0.1) is 11.3 Å². The third-order valence-corrected chi connectivity index (χ3v) is 2.85. The molecule has 0 amide bonds. The highest BCUT2D eigenvalue weighted by atomic mass is 32.1. The van der Waals surface area contributed by atoms with Gasteiger partial charge in [0, 0.05) is 5.38 Å². The van der Waals surface area contributed by atoms with Gasteiger partial charge in [0.25, 0.3) is 0 Å². The Morgan fingerprint density at radius 3 is 2.88 bits per heavy atom. The van der Waals surface area contributed by atoms with Crippen molar-refractivity contribution in [1.29, 1.82) is 0 Å². The largest absolute Gasteiger partial charge is 0.476 e. The van der Waals surface area contributed by atoms with Crippen molar-refractivity contribution in [3.63, 3.8) is 0 Å². The molecule has 0 saturated heterocycles. The molecule has 0 aliphatic rings. The minimum Gasteiger partial charge on any atom is -0.476 e. The van der Waals surface area contributed by atoms with Crippen molar-refractivity contribution in [2.75, 3.05) is 5.32 Å². The Balaban J connectivity index is 2.22. The molecule has 4 nitrogen and oxygen atoms in total. The summed E-state index contributed by atoms with van der Waals surface area (Å²) in [6.45, 7) is 1.79. The van der Waals surface area contributed by atoms with Crippen LogP contribution in [-0.2, 0) is 0 Å². The topological polar surface area (TPSA) is 62.2 Å². The second-order valence-electron chi connectivity index (χ2n) is 3.45. The maximum atomic E-state index is 13.5. The number of hydrogen-bond donors (Lipinski definition) is 2. The van der Waals surface area contributed by atoms with E-state index in [0.717, 1.165) is 16.9 Å². The van der Waals surface area contributed by atoms with Crippen LogP contribution in [0.25, 0.3) is 0 Å². The Morgan fingerprint density at radius 2 is 2.29 bits per heavy atom. The van der Waals surface area contributed by atoms with Crippen LogP contribution >= 0.6 is 11.3 Å². The second-order valence-corrected chi connectivity index (χ2v) is 4.31. The molecule has 0 bridgehead atoms. The van der Waals surface area contributed by atoms with Crippen LogP contribution in [0.4, 0.5) is 15.2 Å². The molecule has 2 aromatic rings. The smallest absolute Gasteiger partial charge is 0.355 e. The number of aromatic nitrogens is 1. The summed E-state index contributed by atoms with van der Waals surface area (Å²) in [5, 5.41) is 13.2. The van der Waals surface area contributed by atoms with Crippen LogP contribution in [0, 0.1) is 12.7 Å². The summed E-state index contributed by atoms with van der Waals surface area (Å²) >= 11 is 1.12. The summed E-state index contributed by atoms with van der Waals surface area (Å²) in [4.78, 5) is 14.4. The van der Waals surface area contributed by atoms with Gasteiger partial charge in [-0.2, -0.15) is 0 Å². The molecule has 0 radical (unpaired) electrons. The Hall–Kier alpha value is -1.95. The Morgan fingerprint density at radius 1 is 1.53 bits per heavy atom. The molecule has 0 unspecified atom stereocenters. The number of rotatable bonds is 3. The standard InChI is InChI=1S/C11H9FN2O2S/c1-6-2-3-8(7(12)4-6)13-11-14-9(5-17-11)10(15)16/h2-5H,1H3,(H,13,14)(H,15,16). The molecule has 0 atom stereocenters. The van der Waals surface area contributed by atoms with Crippen LogP contribution in [0.5, 0.6) is 0 Å². The van der Waals surface area contributed by atoms with Crippen molar-refractivity contribution >= 4 is 28.1 Å². The summed E-state index contributed by atoms with van der Waals surface area (Å²) in [5.74, 6) is -1.49. The fourth-order valence-corrected chi connectivity index (χ4v) is 1.96. The van der Waals surface area contributed by atoms with Crippen molar-refractivity contribution in [2.45, 2.75) is 6.92 Å². The van der Waals surface area contributed by atoms with Crippen LogP contribution in [0.2, 0.25) is 0 Å². The molecule has 1 aromatic heterocycles. The van der Waals surface area contributed by atoms with Gasteiger partial charge >= 0.3 is 5.97 Å². The van der Waals surface area contributed by atoms with Crippen LogP contribution in [0.1, 0.15) is 16.1 Å². The molecule has 0 fully saturated rings. The number of aromatic carboxylic acids is 1. The van der Waals surface area contributed by atoms with Gasteiger partial charge in [-0.3, -0.25) is 0 Å². The van der Waals surface area contributed by atoms with E-state index in [2.05, 4.69) is 10.3 Å². The minimum atomic E-state index is -1.10. The van der Waals surface area contributed by atoms with E-state index in [0.29, 0.717) is 5.13 Å². The van der Waals surface area contributed by atoms with E-state index in [-0.39, 0.29) is 11.4 Å². The number of nitrogens with zero attached hydrogens (tertiary/aromatic N) is 1. The minimum absolute atomic E-state index is 0.0509. The first kappa shape index (κ1) is 11.5. The van der Waals surface area contributed by atoms with E-state index < -0.39 is 11.8 Å². The fraction of sp³-hybridized carbons (Fsp3) is 0.0909. The highest BCUT2D eigenvalue weighted by Gasteiger charge is 2.10. The first-order valence-electron chi connectivity index (χ1n) is 4.78. The fourth-order valence-electron chi connectivity index (χ4n) is 1.27. The first-order valence-corrected chi connectivity index (χ1v) is 5.66. The number of carbonyl (C=O) groups is 1. The maximum Gasteiger partial charge on any atom is 0.355 e. The van der Waals surface area contributed by atoms with Gasteiger partial charge in [-0.1, -0.05) is 6.07 Å². The van der Waals surface area contributed by atoms with E-state index in [4.69, 9.17) is 5.11 Å². The highest BCUT2D eigenvalue weighted by molar-refractivity contribution is 7.14. The molecule has 0 spiro atoms. The first-order chi connectivity index (χ1) is 8.06. The van der Waals surface area contributed by atoms with Gasteiger partial charge in [0.2, 0.25) is 0 Å². The van der Waals surface area contributed by atoms with Gasteiger partial charge in [0.05, 0.1) is 5.69 Å². The van der Waals surface area contributed by atoms with Gasteiger partial charge in [-0.05, 0) is 24.6 Å². The van der Waals surface area contributed by atoms with Crippen molar-refractivity contribution in [2.24, 2.45) is 0 Å². The van der Waals surface area contributed by atoms with Gasteiger partial charge in [0.15, 0.2) is 10.8 Å². The van der Waals surface area contributed by atoms with Crippen molar-refractivity contribution in [1.82, 2.24) is 4.98 Å². The highest BCUT2D eigenvalue weighted by Crippen LogP contribution is 2.23. The molecule has 0 aliphatic carbocycles. The summed E-state index contributed by atoms with van der Waals surface area (Å²) in [6.07, 6.45) is 0. The lowest BCUT2D eigenvalue weighted by Gasteiger charge is -2.04. The molecule has 2 N–H and O–H groups in total. The molecule has 1 aromatic carbocycles. The number of carboxylic acids is 1. The zero-order valence-corrected chi connectivity index (χ0v) is 9.71. The molecule has 0 saturated carbocycles. The van der Waals surface area contributed by atoms with Gasteiger partial charge in [-0.25, -0.2) is 14.2 Å². The molecule has 0 aliphatic heterocycles. The maximum absolute atomic E-state index is 13.5. The predicted molar refractivity (Wildman–Crippen MR) is 63.5 cm³/mol. The Bertz CT molecular complexity index is 568. The number of nitrogens with one attached hydrogen (secondary N) is 1. The molecule has 6 heteroatoms. The van der Waals surface area contributed by atoms with Crippen LogP contribution in [0.3, 0.4) is 0 Å². The van der Waals surface area contributed by atoms with E-state index in [1.807, 2.05) is 0 Å². The lowest BCUT2D eigenvalue weighted by molar-refractivity contribution is 0.0691. The van der Waals surface area contributed by atoms with Crippen LogP contribution < -0.4 is 5.32 Å². The van der Waals surface area contributed by atoms with Crippen LogP contribution in [0.15, 0.2) is 23.6 Å². The lowest BCUT2D eigenvalue weighted by atomic mass is 10.2. The Kier molecular flexibility index (Phi) is 3.06. The number of anilines is 2.